The zero-order chi connectivity index (χ0) is 23.3. The summed E-state index contributed by atoms with van der Waals surface area (Å²) in [7, 11) is 0. The highest BCUT2D eigenvalue weighted by Gasteiger charge is 2.31. The van der Waals surface area contributed by atoms with Crippen molar-refractivity contribution in [2.75, 3.05) is 13.1 Å². The Morgan fingerprint density at radius 3 is 2.56 bits per heavy atom. The number of carbonyl (C=O) groups excluding carboxylic acids is 2. The van der Waals surface area contributed by atoms with Gasteiger partial charge in [-0.05, 0) is 35.2 Å². The van der Waals surface area contributed by atoms with Gasteiger partial charge in [0.1, 0.15) is 12.1 Å². The highest BCUT2D eigenvalue weighted by molar-refractivity contribution is 6.00. The van der Waals surface area contributed by atoms with E-state index in [4.69, 9.17) is 4.74 Å². The van der Waals surface area contributed by atoms with Gasteiger partial charge < -0.3 is 19.9 Å². The first kappa shape index (κ1) is 21.7. The number of carbonyl (C=O) groups is 2. The molecule has 5 rings (SSSR count). The van der Waals surface area contributed by atoms with Crippen LogP contribution in [0.2, 0.25) is 0 Å². The summed E-state index contributed by atoms with van der Waals surface area (Å²) in [6, 6.07) is 21.6. The zero-order valence-electron chi connectivity index (χ0n) is 18.7. The number of aromatic amines is 1. The molecule has 3 heterocycles. The number of piperidine rings is 1. The average molecular weight is 455 g/mol. The maximum atomic E-state index is 13.6. The monoisotopic (exact) mass is 454 g/mol. The second-order valence-electron chi connectivity index (χ2n) is 8.41. The average Bonchev–Trinajstić information content (AvgIpc) is 3.36. The van der Waals surface area contributed by atoms with Gasteiger partial charge in [-0.3, -0.25) is 9.59 Å². The Morgan fingerprint density at radius 2 is 1.79 bits per heavy atom. The molecule has 1 saturated heterocycles. The minimum absolute atomic E-state index is 0.0104. The molecule has 1 atom stereocenters. The number of pyridine rings is 1. The van der Waals surface area contributed by atoms with Crippen LogP contribution in [0, 0.1) is 0 Å². The van der Waals surface area contributed by atoms with E-state index in [2.05, 4.69) is 15.3 Å². The summed E-state index contributed by atoms with van der Waals surface area (Å²) in [6.45, 7) is 1.12. The molecule has 2 aromatic heterocycles. The molecule has 0 saturated carbocycles. The number of ether oxygens (including phenoxy) is 1. The standard InChI is InChI=1S/C27H26N4O3/c32-26(21-10-9-19-11-15-28-23(19)18-21)30-25(20-6-2-1-3-7-20)27(33)31-16-12-22(13-17-31)34-24-8-4-5-14-29-24/h1-11,14-15,18,22,25,28H,12-13,16-17H2,(H,30,32)/t25-/m1/s1. The largest absolute Gasteiger partial charge is 0.474 e. The lowest BCUT2D eigenvalue weighted by molar-refractivity contribution is -0.135. The second kappa shape index (κ2) is 9.79. The number of nitrogens with zero attached hydrogens (tertiary/aromatic N) is 2. The third kappa shape index (κ3) is 4.78. The molecular formula is C27H26N4O3. The van der Waals surface area contributed by atoms with E-state index < -0.39 is 6.04 Å². The van der Waals surface area contributed by atoms with Crippen molar-refractivity contribution in [3.8, 4) is 5.88 Å². The minimum atomic E-state index is -0.763. The molecule has 1 fully saturated rings. The van der Waals surface area contributed by atoms with Gasteiger partial charge >= 0.3 is 0 Å². The van der Waals surface area contributed by atoms with E-state index in [1.165, 1.54) is 0 Å². The van der Waals surface area contributed by atoms with E-state index in [0.717, 1.165) is 16.5 Å². The van der Waals surface area contributed by atoms with Crippen molar-refractivity contribution in [1.29, 1.82) is 0 Å². The van der Waals surface area contributed by atoms with Crippen LogP contribution in [0.25, 0.3) is 10.9 Å². The highest BCUT2D eigenvalue weighted by Crippen LogP contribution is 2.23. The number of rotatable bonds is 6. The molecule has 34 heavy (non-hydrogen) atoms. The van der Waals surface area contributed by atoms with Gasteiger partial charge in [-0.25, -0.2) is 4.98 Å². The Labute approximate surface area is 197 Å². The molecule has 2 aromatic carbocycles. The Morgan fingerprint density at radius 1 is 1.00 bits per heavy atom. The fraction of sp³-hybridized carbons (Fsp3) is 0.222. The van der Waals surface area contributed by atoms with E-state index in [0.29, 0.717) is 37.4 Å². The van der Waals surface area contributed by atoms with Crippen LogP contribution in [-0.4, -0.2) is 45.9 Å². The van der Waals surface area contributed by atoms with Crippen molar-refractivity contribution in [3.63, 3.8) is 0 Å². The summed E-state index contributed by atoms with van der Waals surface area (Å²) >= 11 is 0. The first-order valence-electron chi connectivity index (χ1n) is 11.5. The van der Waals surface area contributed by atoms with Crippen molar-refractivity contribution in [2.45, 2.75) is 25.0 Å². The predicted molar refractivity (Wildman–Crippen MR) is 129 cm³/mol. The number of hydrogen-bond acceptors (Lipinski definition) is 4. The Balaban J connectivity index is 1.29. The van der Waals surface area contributed by atoms with Gasteiger partial charge in [-0.15, -0.1) is 0 Å². The quantitative estimate of drug-likeness (QED) is 0.459. The molecule has 172 valence electrons. The second-order valence-corrected chi connectivity index (χ2v) is 8.41. The van der Waals surface area contributed by atoms with Crippen molar-refractivity contribution < 1.29 is 14.3 Å². The van der Waals surface area contributed by atoms with E-state index >= 15 is 0 Å². The molecule has 0 bridgehead atoms. The molecule has 2 N–H and O–H groups in total. The van der Waals surface area contributed by atoms with E-state index in [9.17, 15) is 9.59 Å². The van der Waals surface area contributed by atoms with Crippen molar-refractivity contribution in [3.05, 3.63) is 96.3 Å². The summed E-state index contributed by atoms with van der Waals surface area (Å²) in [6.07, 6.45) is 4.97. The molecular weight excluding hydrogens is 428 g/mol. The summed E-state index contributed by atoms with van der Waals surface area (Å²) in [5.41, 5.74) is 2.14. The highest BCUT2D eigenvalue weighted by atomic mass is 16.5. The van der Waals surface area contributed by atoms with Crippen molar-refractivity contribution in [1.82, 2.24) is 20.2 Å². The Kier molecular flexibility index (Phi) is 6.25. The van der Waals surface area contributed by atoms with Gasteiger partial charge in [0.05, 0.1) is 0 Å². The van der Waals surface area contributed by atoms with Crippen molar-refractivity contribution >= 4 is 22.7 Å². The third-order valence-electron chi connectivity index (χ3n) is 6.15. The topological polar surface area (TPSA) is 87.3 Å². The zero-order valence-corrected chi connectivity index (χ0v) is 18.7. The van der Waals surface area contributed by atoms with Gasteiger partial charge in [-0.1, -0.05) is 42.5 Å². The molecule has 4 aromatic rings. The lowest BCUT2D eigenvalue weighted by atomic mass is 10.0. The van der Waals surface area contributed by atoms with Crippen LogP contribution < -0.4 is 10.1 Å². The first-order chi connectivity index (χ1) is 16.7. The van der Waals surface area contributed by atoms with Crippen molar-refractivity contribution in [2.24, 2.45) is 0 Å². The number of nitrogens with one attached hydrogen (secondary N) is 2. The lowest BCUT2D eigenvalue weighted by Crippen LogP contribution is -2.47. The van der Waals surface area contributed by atoms with Gasteiger partial charge in [0.25, 0.3) is 5.91 Å². The van der Waals surface area contributed by atoms with E-state index in [-0.39, 0.29) is 17.9 Å². The molecule has 1 aliphatic rings. The number of H-pyrrole nitrogens is 1. The van der Waals surface area contributed by atoms with Gasteiger partial charge in [0, 0.05) is 55.5 Å². The van der Waals surface area contributed by atoms with Crippen LogP contribution >= 0.6 is 0 Å². The summed E-state index contributed by atoms with van der Waals surface area (Å²) < 4.78 is 5.96. The molecule has 7 heteroatoms. The molecule has 0 spiro atoms. The predicted octanol–water partition coefficient (Wildman–Crippen LogP) is 4.10. The van der Waals surface area contributed by atoms with Gasteiger partial charge in [0.2, 0.25) is 11.8 Å². The molecule has 1 aliphatic heterocycles. The van der Waals surface area contributed by atoms with Gasteiger partial charge in [0.15, 0.2) is 0 Å². The first-order valence-corrected chi connectivity index (χ1v) is 11.5. The molecule has 2 amide bonds. The van der Waals surface area contributed by atoms with Crippen LogP contribution in [0.3, 0.4) is 0 Å². The maximum absolute atomic E-state index is 13.6. The van der Waals surface area contributed by atoms with Crippen LogP contribution in [0.1, 0.15) is 34.8 Å². The number of benzene rings is 2. The number of hydrogen-bond donors (Lipinski definition) is 2. The SMILES string of the molecule is O=C(N[C@@H](C(=O)N1CCC(Oc2ccccn2)CC1)c1ccccc1)c1ccc2cc[nH]c2c1. The normalized spacial score (nSPS) is 15.1. The van der Waals surface area contributed by atoms with Crippen LogP contribution in [0.15, 0.2) is 85.2 Å². The number of likely N-dealkylation sites (tertiary alicyclic amines) is 1. The fourth-order valence-corrected chi connectivity index (χ4v) is 4.30. The minimum Gasteiger partial charge on any atom is -0.474 e. The summed E-state index contributed by atoms with van der Waals surface area (Å²) in [5.74, 6) is 0.199. The molecule has 0 radical (unpaired) electrons. The number of amides is 2. The van der Waals surface area contributed by atoms with Gasteiger partial charge in [-0.2, -0.15) is 0 Å². The smallest absolute Gasteiger partial charge is 0.252 e. The van der Waals surface area contributed by atoms with E-state index in [1.807, 2.05) is 71.8 Å². The number of fused-ring (bicyclic) bond motifs is 1. The molecule has 7 nitrogen and oxygen atoms in total. The van der Waals surface area contributed by atoms with Crippen LogP contribution in [-0.2, 0) is 4.79 Å². The van der Waals surface area contributed by atoms with E-state index in [1.54, 1.807) is 18.3 Å². The summed E-state index contributed by atoms with van der Waals surface area (Å²) in [4.78, 5) is 35.8. The lowest BCUT2D eigenvalue weighted by Gasteiger charge is -2.34. The summed E-state index contributed by atoms with van der Waals surface area (Å²) in [5, 5.41) is 4.00. The Bertz CT molecular complexity index is 1260. The molecule has 0 aliphatic carbocycles. The van der Waals surface area contributed by atoms with Crippen LogP contribution in [0.5, 0.6) is 5.88 Å². The third-order valence-corrected chi connectivity index (χ3v) is 6.15. The maximum Gasteiger partial charge on any atom is 0.252 e. The number of aromatic nitrogens is 2. The van der Waals surface area contributed by atoms with Crippen LogP contribution in [0.4, 0.5) is 0 Å². The molecule has 0 unspecified atom stereocenters. The fourth-order valence-electron chi connectivity index (χ4n) is 4.30. The Hall–Kier alpha value is -4.13.